The van der Waals surface area contributed by atoms with Gasteiger partial charge in [-0.1, -0.05) is 6.08 Å². The van der Waals surface area contributed by atoms with E-state index < -0.39 is 23.5 Å². The first-order chi connectivity index (χ1) is 6.56. The van der Waals surface area contributed by atoms with Gasteiger partial charge >= 0.3 is 0 Å². The van der Waals surface area contributed by atoms with Crippen molar-refractivity contribution < 1.29 is 13.2 Å². The van der Waals surface area contributed by atoms with Crippen molar-refractivity contribution >= 4 is 0 Å². The predicted molar refractivity (Wildman–Crippen MR) is 48.1 cm³/mol. The number of halogens is 3. The summed E-state index contributed by atoms with van der Waals surface area (Å²) in [4.78, 5) is 0. The third-order valence-corrected chi connectivity index (χ3v) is 1.86. The van der Waals surface area contributed by atoms with Gasteiger partial charge in [0.2, 0.25) is 0 Å². The zero-order chi connectivity index (χ0) is 10.7. The molecule has 0 saturated carbocycles. The quantitative estimate of drug-likeness (QED) is 0.590. The lowest BCUT2D eigenvalue weighted by Gasteiger charge is -2.10. The van der Waals surface area contributed by atoms with Gasteiger partial charge < -0.3 is 5.73 Å². The van der Waals surface area contributed by atoms with Crippen LogP contribution in [0.25, 0.3) is 0 Å². The fourth-order valence-electron chi connectivity index (χ4n) is 1.13. The Bertz CT molecular complexity index is 349. The van der Waals surface area contributed by atoms with Gasteiger partial charge in [0.05, 0.1) is 0 Å². The number of rotatable bonds is 3. The average molecular weight is 201 g/mol. The maximum Gasteiger partial charge on any atom is 0.161 e. The summed E-state index contributed by atoms with van der Waals surface area (Å²) < 4.78 is 38.4. The molecule has 1 aromatic carbocycles. The molecule has 0 aliphatic heterocycles. The second-order valence-corrected chi connectivity index (χ2v) is 2.92. The normalized spacial score (nSPS) is 12.6. The van der Waals surface area contributed by atoms with Crippen LogP contribution in [0.1, 0.15) is 18.0 Å². The maximum absolute atomic E-state index is 13.1. The van der Waals surface area contributed by atoms with E-state index in [1.807, 2.05) is 0 Å². The molecular weight excluding hydrogens is 191 g/mol. The molecule has 1 aromatic rings. The predicted octanol–water partition coefficient (Wildman–Crippen LogP) is 2.68. The molecule has 1 atom stereocenters. The van der Waals surface area contributed by atoms with Crippen LogP contribution in [0.4, 0.5) is 13.2 Å². The summed E-state index contributed by atoms with van der Waals surface area (Å²) in [5, 5.41) is 0. The molecule has 0 fully saturated rings. The molecule has 0 spiro atoms. The van der Waals surface area contributed by atoms with Gasteiger partial charge in [-0.2, -0.15) is 0 Å². The summed E-state index contributed by atoms with van der Waals surface area (Å²) in [7, 11) is 0. The minimum Gasteiger partial charge on any atom is -0.324 e. The van der Waals surface area contributed by atoms with E-state index >= 15 is 0 Å². The standard InChI is InChI=1S/C10H10F3N/c1-2-3-10(14)6-4-8(12)9(13)5-7(6)11/h2,4-5,10H,1,3,14H2. The van der Waals surface area contributed by atoms with Crippen molar-refractivity contribution in [2.45, 2.75) is 12.5 Å². The minimum absolute atomic E-state index is 0.0381. The molecule has 0 bridgehead atoms. The van der Waals surface area contributed by atoms with E-state index in [-0.39, 0.29) is 5.56 Å². The molecule has 1 nitrogen and oxygen atoms in total. The SMILES string of the molecule is C=CCC(N)c1cc(F)c(F)cc1F. The highest BCUT2D eigenvalue weighted by atomic mass is 19.2. The molecule has 0 heterocycles. The zero-order valence-corrected chi connectivity index (χ0v) is 7.43. The Labute approximate surface area is 80.0 Å². The maximum atomic E-state index is 13.1. The number of hydrogen-bond acceptors (Lipinski definition) is 1. The highest BCUT2D eigenvalue weighted by Crippen LogP contribution is 2.21. The van der Waals surface area contributed by atoms with Crippen molar-refractivity contribution in [2.24, 2.45) is 5.73 Å². The molecular formula is C10H10F3N. The Kier molecular flexibility index (Phi) is 3.30. The lowest BCUT2D eigenvalue weighted by molar-refractivity contribution is 0.484. The molecule has 0 aliphatic carbocycles. The van der Waals surface area contributed by atoms with Gasteiger partial charge in [-0.3, -0.25) is 0 Å². The van der Waals surface area contributed by atoms with Crippen molar-refractivity contribution in [3.8, 4) is 0 Å². The van der Waals surface area contributed by atoms with Crippen molar-refractivity contribution in [1.29, 1.82) is 0 Å². The summed E-state index contributed by atoms with van der Waals surface area (Å²) in [6.07, 6.45) is 1.80. The van der Waals surface area contributed by atoms with E-state index in [1.54, 1.807) is 0 Å². The zero-order valence-electron chi connectivity index (χ0n) is 7.43. The first-order valence-electron chi connectivity index (χ1n) is 4.07. The van der Waals surface area contributed by atoms with Crippen LogP contribution in [-0.2, 0) is 0 Å². The Balaban J connectivity index is 3.08. The molecule has 0 saturated heterocycles. The molecule has 4 heteroatoms. The first kappa shape index (κ1) is 10.8. The fraction of sp³-hybridized carbons (Fsp3) is 0.200. The van der Waals surface area contributed by atoms with Crippen LogP contribution in [0.5, 0.6) is 0 Å². The fourth-order valence-corrected chi connectivity index (χ4v) is 1.13. The molecule has 1 rings (SSSR count). The van der Waals surface area contributed by atoms with Crippen molar-refractivity contribution in [2.75, 3.05) is 0 Å². The average Bonchev–Trinajstić information content (AvgIpc) is 2.11. The number of hydrogen-bond donors (Lipinski definition) is 1. The molecule has 2 N–H and O–H groups in total. The smallest absolute Gasteiger partial charge is 0.161 e. The second kappa shape index (κ2) is 4.28. The van der Waals surface area contributed by atoms with Gasteiger partial charge in [0.25, 0.3) is 0 Å². The summed E-state index contributed by atoms with van der Waals surface area (Å²) in [5.74, 6) is -3.14. The van der Waals surface area contributed by atoms with Gasteiger partial charge in [0.1, 0.15) is 5.82 Å². The molecule has 0 amide bonds. The molecule has 0 radical (unpaired) electrons. The lowest BCUT2D eigenvalue weighted by atomic mass is 10.0. The summed E-state index contributed by atoms with van der Waals surface area (Å²) >= 11 is 0. The van der Waals surface area contributed by atoms with Crippen molar-refractivity contribution in [3.05, 3.63) is 47.8 Å². The summed E-state index contributed by atoms with van der Waals surface area (Å²) in [6, 6.07) is 0.578. The van der Waals surface area contributed by atoms with E-state index in [9.17, 15) is 13.2 Å². The summed E-state index contributed by atoms with van der Waals surface area (Å²) in [6.45, 7) is 3.43. The van der Waals surface area contributed by atoms with Gasteiger partial charge in [-0.05, 0) is 12.5 Å². The third kappa shape index (κ3) is 2.14. The van der Waals surface area contributed by atoms with Crippen molar-refractivity contribution in [1.82, 2.24) is 0 Å². The molecule has 0 aromatic heterocycles. The van der Waals surface area contributed by atoms with Gasteiger partial charge in [0.15, 0.2) is 11.6 Å². The number of nitrogens with two attached hydrogens (primary N) is 1. The van der Waals surface area contributed by atoms with E-state index in [1.165, 1.54) is 6.08 Å². The minimum atomic E-state index is -1.21. The van der Waals surface area contributed by atoms with E-state index in [4.69, 9.17) is 5.73 Å². The molecule has 14 heavy (non-hydrogen) atoms. The Hall–Kier alpha value is -1.29. The van der Waals surface area contributed by atoms with Gasteiger partial charge in [-0.15, -0.1) is 6.58 Å². The molecule has 0 aliphatic rings. The van der Waals surface area contributed by atoms with Crippen LogP contribution in [0.2, 0.25) is 0 Å². The van der Waals surface area contributed by atoms with Crippen LogP contribution < -0.4 is 5.73 Å². The largest absolute Gasteiger partial charge is 0.324 e. The lowest BCUT2D eigenvalue weighted by Crippen LogP contribution is -2.12. The van der Waals surface area contributed by atoms with Gasteiger partial charge in [0, 0.05) is 17.7 Å². The molecule has 1 unspecified atom stereocenters. The van der Waals surface area contributed by atoms with Crippen molar-refractivity contribution in [3.63, 3.8) is 0 Å². The van der Waals surface area contributed by atoms with E-state index in [0.29, 0.717) is 12.5 Å². The van der Waals surface area contributed by atoms with Crippen LogP contribution in [0.3, 0.4) is 0 Å². The number of benzene rings is 1. The van der Waals surface area contributed by atoms with Crippen LogP contribution in [0.15, 0.2) is 24.8 Å². The van der Waals surface area contributed by atoms with Gasteiger partial charge in [-0.25, -0.2) is 13.2 Å². The van der Waals surface area contributed by atoms with Crippen LogP contribution >= 0.6 is 0 Å². The van der Waals surface area contributed by atoms with E-state index in [2.05, 4.69) is 6.58 Å². The first-order valence-corrected chi connectivity index (χ1v) is 4.07. The van der Waals surface area contributed by atoms with Crippen LogP contribution in [-0.4, -0.2) is 0 Å². The summed E-state index contributed by atoms with van der Waals surface area (Å²) in [5.41, 5.74) is 5.49. The molecule has 76 valence electrons. The highest BCUT2D eigenvalue weighted by molar-refractivity contribution is 5.23. The third-order valence-electron chi connectivity index (χ3n) is 1.86. The van der Waals surface area contributed by atoms with E-state index in [0.717, 1.165) is 6.07 Å². The Morgan fingerprint density at radius 2 is 1.79 bits per heavy atom. The topological polar surface area (TPSA) is 26.0 Å². The van der Waals surface area contributed by atoms with Crippen LogP contribution in [0, 0.1) is 17.5 Å². The Morgan fingerprint density at radius 3 is 2.36 bits per heavy atom. The second-order valence-electron chi connectivity index (χ2n) is 2.92. The monoisotopic (exact) mass is 201 g/mol. The Morgan fingerprint density at radius 1 is 1.21 bits per heavy atom. The highest BCUT2D eigenvalue weighted by Gasteiger charge is 2.14.